The SMILES string of the molecule is C(=N\N=C([N-]/N=C/c1ccccn1)[N-]/N=C/c1ccccn1)/c1ccccn1.C(=N\N=C([N-]/N=C/c1ccccn1)[N-]/N=C/c1ccccn1)/c1ccccn1.O.O.O.O.[Cl-].[Cl-].[Cl-].[Cl-].[Cl-].[Cl-].[Cl-].[Cl-].[Cl-].[OH3+].[OH3+].[Zn+2].[Zn+2].[Zn+2].[Zn+2].[Zn+2].[Zn]. The zero-order chi connectivity index (χ0) is 38.6. The van der Waals surface area contributed by atoms with E-state index in [1.807, 2.05) is 72.8 Å². The van der Waals surface area contributed by atoms with Crippen molar-refractivity contribution in [1.29, 1.82) is 0 Å². The summed E-state index contributed by atoms with van der Waals surface area (Å²) >= 11 is 0. The van der Waals surface area contributed by atoms with Crippen LogP contribution in [-0.2, 0) is 128 Å². The summed E-state index contributed by atoms with van der Waals surface area (Å²) in [5.41, 5.74) is 19.6. The summed E-state index contributed by atoms with van der Waals surface area (Å²) < 4.78 is 0. The Bertz CT molecular complexity index is 2060. The van der Waals surface area contributed by atoms with Gasteiger partial charge in [-0.05, 0) is 72.8 Å². The van der Waals surface area contributed by atoms with Gasteiger partial charge in [0.15, 0.2) is 0 Å². The van der Waals surface area contributed by atoms with Gasteiger partial charge in [0.05, 0.1) is 34.2 Å². The number of halogens is 9. The van der Waals surface area contributed by atoms with Crippen LogP contribution in [-0.4, -0.2) is 101 Å². The molecule has 0 aliphatic carbocycles. The second-order valence-electron chi connectivity index (χ2n) is 10.2. The van der Waals surface area contributed by atoms with E-state index >= 15 is 0 Å². The van der Waals surface area contributed by atoms with Crippen LogP contribution in [0.1, 0.15) is 34.2 Å². The van der Waals surface area contributed by atoms with Gasteiger partial charge in [0.25, 0.3) is 0 Å². The molecule has 0 atom stereocenters. The number of aromatic nitrogens is 6. The molecular formula is C38H44Cl9N18O6Zn6-. The minimum Gasteiger partial charge on any atom is -1.00 e. The van der Waals surface area contributed by atoms with Crippen molar-refractivity contribution in [2.45, 2.75) is 0 Å². The Hall–Kier alpha value is -2.43. The van der Waals surface area contributed by atoms with Gasteiger partial charge in [-0.15, -0.1) is 11.9 Å². The van der Waals surface area contributed by atoms with E-state index < -0.39 is 0 Å². The topological polar surface area (TPSA) is 425 Å². The van der Waals surface area contributed by atoms with Gasteiger partial charge in [-0.25, -0.2) is 0 Å². The minimum atomic E-state index is -0.0356. The van der Waals surface area contributed by atoms with Gasteiger partial charge < -0.3 is 207 Å². The van der Waals surface area contributed by atoms with Crippen LogP contribution in [0.2, 0.25) is 0 Å². The molecule has 0 radical (unpaired) electrons. The van der Waals surface area contributed by atoms with Crippen LogP contribution < -0.4 is 112 Å². The standard InChI is InChI=1S/2C19H15N9.9ClH.6H2O.6Zn/c2*1-4-10-20-16(7-1)13-23-26-19(27-24-14-17-8-2-5-11-21-17)28-25-15-18-9-3-6-12-22-18;;;;;;;;;;;;;;;;;;;;;/h2*1-15H;9*1H;6*1H2;;;;;;/q2*-2;;;;;;;;;;;;;;;;;5*+2/p-7/b2*23-13+,24-14+,25-15+;;;;;;;;;;;;;;;;;;;;;. The molecule has 6 aromatic heterocycles. The molecule has 77 heavy (non-hydrogen) atoms. The normalized spacial score (nSPS) is 8.10. The molecule has 0 bridgehead atoms. The van der Waals surface area contributed by atoms with E-state index in [4.69, 9.17) is 0 Å². The maximum Gasteiger partial charge on any atom is 2.00 e. The monoisotopic (exact) mass is 1550 g/mol. The Labute approximate surface area is 577 Å². The van der Waals surface area contributed by atoms with Gasteiger partial charge >= 0.3 is 97.4 Å². The van der Waals surface area contributed by atoms with Crippen LogP contribution in [0.5, 0.6) is 0 Å². The number of pyridine rings is 6. The molecule has 0 spiro atoms. The molecule has 0 aromatic carbocycles. The first-order valence-corrected chi connectivity index (χ1v) is 16.4. The first-order chi connectivity index (χ1) is 27.8. The summed E-state index contributed by atoms with van der Waals surface area (Å²) in [5, 5.41) is 31.4. The van der Waals surface area contributed by atoms with E-state index in [1.165, 1.54) is 37.3 Å². The fourth-order valence-corrected chi connectivity index (χ4v) is 3.67. The van der Waals surface area contributed by atoms with Crippen molar-refractivity contribution < 1.29 is 261 Å². The molecule has 6 rings (SSSR count). The number of hydrogen-bond donors (Lipinski definition) is 0. The van der Waals surface area contributed by atoms with E-state index in [-0.39, 0.29) is 273 Å². The molecule has 0 aliphatic rings. The fraction of sp³-hybridized carbons (Fsp3) is 0. The maximum absolute atomic E-state index is 4.12. The molecular weight excluding hydrogens is 1520 g/mol. The first-order valence-electron chi connectivity index (χ1n) is 16.4. The molecule has 0 saturated carbocycles. The van der Waals surface area contributed by atoms with E-state index in [1.54, 1.807) is 73.6 Å². The van der Waals surface area contributed by atoms with Crippen molar-refractivity contribution in [2.75, 3.05) is 0 Å². The summed E-state index contributed by atoms with van der Waals surface area (Å²) in [4.78, 5) is 24.7. The van der Waals surface area contributed by atoms with E-state index in [9.17, 15) is 0 Å². The Morgan fingerprint density at radius 1 is 0.299 bits per heavy atom. The van der Waals surface area contributed by atoms with Crippen molar-refractivity contribution in [3.8, 4) is 0 Å². The largest absolute Gasteiger partial charge is 2.00 e. The number of hydrogen-bond acceptors (Lipinski definition) is 14. The van der Waals surface area contributed by atoms with Gasteiger partial charge in [0.1, 0.15) is 0 Å². The van der Waals surface area contributed by atoms with Crippen LogP contribution in [0.3, 0.4) is 0 Å². The Morgan fingerprint density at radius 3 is 0.623 bits per heavy atom. The van der Waals surface area contributed by atoms with Crippen LogP contribution >= 0.6 is 0 Å². The van der Waals surface area contributed by atoms with E-state index in [0.717, 1.165) is 0 Å². The van der Waals surface area contributed by atoms with Crippen molar-refractivity contribution in [3.05, 3.63) is 202 Å². The molecule has 0 fully saturated rings. The average molecular weight is 1560 g/mol. The van der Waals surface area contributed by atoms with Crippen molar-refractivity contribution in [1.82, 2.24) is 29.9 Å². The Morgan fingerprint density at radius 2 is 0.468 bits per heavy atom. The quantitative estimate of drug-likeness (QED) is 0.0376. The third-order valence-corrected chi connectivity index (χ3v) is 6.15. The molecule has 6 aromatic rings. The van der Waals surface area contributed by atoms with Crippen molar-refractivity contribution >= 4 is 49.2 Å². The summed E-state index contributed by atoms with van der Waals surface area (Å²) in [7, 11) is 0. The number of nitrogens with zero attached hydrogens (tertiary/aromatic N) is 18. The summed E-state index contributed by atoms with van der Waals surface area (Å²) in [6, 6.07) is 32.8. The summed E-state index contributed by atoms with van der Waals surface area (Å²) in [6.07, 6.45) is 18.9. The number of guanidine groups is 2. The molecule has 0 saturated heterocycles. The van der Waals surface area contributed by atoms with Gasteiger partial charge in [0, 0.05) is 93.9 Å². The predicted molar refractivity (Wildman–Crippen MR) is 243 cm³/mol. The second-order valence-corrected chi connectivity index (χ2v) is 10.2. The molecule has 14 N–H and O–H groups in total. The molecule has 398 valence electrons. The van der Waals surface area contributed by atoms with Crippen LogP contribution in [0.4, 0.5) is 0 Å². The Kier molecular flexibility index (Phi) is 127. The van der Waals surface area contributed by atoms with Crippen molar-refractivity contribution in [3.63, 3.8) is 0 Å². The maximum atomic E-state index is 4.12. The molecule has 6 heterocycles. The fourth-order valence-electron chi connectivity index (χ4n) is 3.67. The van der Waals surface area contributed by atoms with Crippen LogP contribution in [0.15, 0.2) is 187 Å². The van der Waals surface area contributed by atoms with Crippen molar-refractivity contribution in [2.24, 2.45) is 40.8 Å². The van der Waals surface area contributed by atoms with Gasteiger partial charge in [-0.2, -0.15) is 0 Å². The molecule has 0 unspecified atom stereocenters. The zero-order valence-corrected chi connectivity index (χ0v) is 64.8. The third kappa shape index (κ3) is 56.6. The third-order valence-electron chi connectivity index (χ3n) is 6.15. The zero-order valence-electron chi connectivity index (χ0n) is 40.2. The average Bonchev–Trinajstić information content (AvgIpc) is 3.26. The smallest absolute Gasteiger partial charge is 1.00 e. The predicted octanol–water partition coefficient (Wildman–Crippen LogP) is -25.4. The molecule has 24 nitrogen and oxygen atoms in total. The molecule has 39 heteroatoms. The van der Waals surface area contributed by atoms with Gasteiger partial charge in [0.2, 0.25) is 0 Å². The first kappa shape index (κ1) is 122. The molecule has 0 aliphatic heterocycles. The minimum absolute atomic E-state index is 0. The van der Waals surface area contributed by atoms with E-state index in [2.05, 4.69) is 92.4 Å². The van der Waals surface area contributed by atoms with Gasteiger partial charge in [-0.1, -0.05) is 36.4 Å². The summed E-state index contributed by atoms with van der Waals surface area (Å²) in [6.45, 7) is 0. The van der Waals surface area contributed by atoms with Gasteiger partial charge in [-0.3, -0.25) is 29.9 Å². The number of rotatable bonds is 12. The summed E-state index contributed by atoms with van der Waals surface area (Å²) in [5.74, 6) is -0.0712. The van der Waals surface area contributed by atoms with Crippen LogP contribution in [0, 0.1) is 0 Å². The Balaban J connectivity index is -0.0000000490. The van der Waals surface area contributed by atoms with E-state index in [0.29, 0.717) is 34.2 Å². The molecule has 0 amide bonds. The second kappa shape index (κ2) is 80.1. The van der Waals surface area contributed by atoms with Crippen LogP contribution in [0.25, 0.3) is 21.7 Å².